The van der Waals surface area contributed by atoms with Crippen LogP contribution in [0.3, 0.4) is 0 Å². The summed E-state index contributed by atoms with van der Waals surface area (Å²) in [5.41, 5.74) is 0.960. The summed E-state index contributed by atoms with van der Waals surface area (Å²) < 4.78 is 33.7. The van der Waals surface area contributed by atoms with E-state index in [0.717, 1.165) is 4.31 Å². The number of ether oxygens (including phenoxy) is 1. The number of halogens is 1. The maximum absolute atomic E-state index is 13.8. The fourth-order valence-electron chi connectivity index (χ4n) is 3.89. The van der Waals surface area contributed by atoms with Gasteiger partial charge in [0.05, 0.1) is 17.7 Å². The Balaban J connectivity index is 2.04. The summed E-state index contributed by atoms with van der Waals surface area (Å²) in [5, 5.41) is 3.04. The van der Waals surface area contributed by atoms with Gasteiger partial charge >= 0.3 is 0 Å². The van der Waals surface area contributed by atoms with Crippen molar-refractivity contribution in [3.05, 3.63) is 89.4 Å². The zero-order valence-electron chi connectivity index (χ0n) is 20.9. The summed E-state index contributed by atoms with van der Waals surface area (Å²) >= 11 is 6.36. The Kier molecular flexibility index (Phi) is 9.54. The number of hydrogen-bond donors (Lipinski definition) is 1. The maximum atomic E-state index is 13.8. The fraction of sp³-hybridized carbons (Fsp3) is 0.259. The molecule has 0 unspecified atom stereocenters. The number of amides is 2. The number of rotatable bonds is 11. The number of para-hydroxylation sites is 1. The minimum atomic E-state index is -4.14. The van der Waals surface area contributed by atoms with Crippen molar-refractivity contribution in [3.63, 3.8) is 0 Å². The molecule has 10 heteroatoms. The van der Waals surface area contributed by atoms with Crippen LogP contribution >= 0.6 is 11.6 Å². The first-order valence-corrected chi connectivity index (χ1v) is 13.5. The van der Waals surface area contributed by atoms with Crippen LogP contribution in [0.1, 0.15) is 18.9 Å². The standard InChI is InChI=1S/C27H30ClN3O5S/c1-4-25(27(33)29-2)30(18-20-10-8-9-13-24(20)28)26(32)19-31(21-11-6-5-7-12-21)37(34,35)23-16-14-22(36-3)15-17-23/h5-17,25H,4,18-19H2,1-3H3,(H,29,33)/t25-/m0/s1. The number of methoxy groups -OCH3 is 1. The van der Waals surface area contributed by atoms with Gasteiger partial charge < -0.3 is 15.0 Å². The van der Waals surface area contributed by atoms with Crippen molar-refractivity contribution in [2.45, 2.75) is 30.8 Å². The molecule has 0 aliphatic rings. The van der Waals surface area contributed by atoms with Crippen LogP contribution in [0.15, 0.2) is 83.8 Å². The van der Waals surface area contributed by atoms with E-state index in [2.05, 4.69) is 5.32 Å². The molecule has 1 atom stereocenters. The van der Waals surface area contributed by atoms with Gasteiger partial charge in [0, 0.05) is 18.6 Å². The number of carbonyl (C=O) groups is 2. The number of hydrogen-bond acceptors (Lipinski definition) is 5. The summed E-state index contributed by atoms with van der Waals surface area (Å²) in [6, 6.07) is 20.5. The van der Waals surface area contributed by atoms with Crippen LogP contribution in [0.25, 0.3) is 0 Å². The summed E-state index contributed by atoms with van der Waals surface area (Å²) in [7, 11) is -1.16. The van der Waals surface area contributed by atoms with Gasteiger partial charge in [0.2, 0.25) is 11.8 Å². The molecule has 1 N–H and O–H groups in total. The Morgan fingerprint density at radius 3 is 2.16 bits per heavy atom. The first-order chi connectivity index (χ1) is 17.7. The molecule has 0 saturated carbocycles. The maximum Gasteiger partial charge on any atom is 0.264 e. The van der Waals surface area contributed by atoms with E-state index in [1.807, 2.05) is 0 Å². The second-order valence-corrected chi connectivity index (χ2v) is 10.4. The Labute approximate surface area is 222 Å². The Morgan fingerprint density at radius 2 is 1.59 bits per heavy atom. The highest BCUT2D eigenvalue weighted by molar-refractivity contribution is 7.92. The first kappa shape index (κ1) is 28.0. The van der Waals surface area contributed by atoms with Crippen LogP contribution < -0.4 is 14.4 Å². The second kappa shape index (κ2) is 12.6. The quantitative estimate of drug-likeness (QED) is 0.393. The van der Waals surface area contributed by atoms with Crippen LogP contribution in [-0.2, 0) is 26.2 Å². The van der Waals surface area contributed by atoms with Crippen LogP contribution in [0, 0.1) is 0 Å². The van der Waals surface area contributed by atoms with Gasteiger partial charge in [-0.2, -0.15) is 0 Å². The summed E-state index contributed by atoms with van der Waals surface area (Å²) in [6.45, 7) is 1.31. The van der Waals surface area contributed by atoms with Gasteiger partial charge in [0.1, 0.15) is 18.3 Å². The number of nitrogens with one attached hydrogen (secondary N) is 1. The van der Waals surface area contributed by atoms with Gasteiger partial charge in [-0.05, 0) is 54.4 Å². The van der Waals surface area contributed by atoms with Crippen molar-refractivity contribution in [2.24, 2.45) is 0 Å². The predicted octanol–water partition coefficient (Wildman–Crippen LogP) is 4.10. The highest BCUT2D eigenvalue weighted by Crippen LogP contribution is 2.26. The zero-order valence-corrected chi connectivity index (χ0v) is 22.5. The van der Waals surface area contributed by atoms with Gasteiger partial charge in [-0.15, -0.1) is 0 Å². The van der Waals surface area contributed by atoms with E-state index in [1.54, 1.807) is 73.7 Å². The van der Waals surface area contributed by atoms with E-state index in [1.165, 1.54) is 31.2 Å². The number of carbonyl (C=O) groups excluding carboxylic acids is 2. The number of nitrogens with zero attached hydrogens (tertiary/aromatic N) is 2. The number of likely N-dealkylation sites (N-methyl/N-ethyl adjacent to an activating group) is 1. The molecule has 0 aliphatic heterocycles. The molecule has 0 heterocycles. The number of benzene rings is 3. The lowest BCUT2D eigenvalue weighted by molar-refractivity contribution is -0.140. The van der Waals surface area contributed by atoms with E-state index < -0.39 is 28.5 Å². The lowest BCUT2D eigenvalue weighted by Gasteiger charge is -2.33. The molecular formula is C27H30ClN3O5S. The van der Waals surface area contributed by atoms with E-state index in [-0.39, 0.29) is 17.3 Å². The predicted molar refractivity (Wildman–Crippen MR) is 144 cm³/mol. The van der Waals surface area contributed by atoms with Crippen LogP contribution in [0.5, 0.6) is 5.75 Å². The largest absolute Gasteiger partial charge is 0.497 e. The first-order valence-electron chi connectivity index (χ1n) is 11.7. The second-order valence-electron chi connectivity index (χ2n) is 8.17. The number of sulfonamides is 1. The normalized spacial score (nSPS) is 11.9. The topological polar surface area (TPSA) is 96.0 Å². The highest BCUT2D eigenvalue weighted by Gasteiger charge is 2.33. The minimum absolute atomic E-state index is 0.000879. The number of anilines is 1. The fourth-order valence-corrected chi connectivity index (χ4v) is 5.50. The van der Waals surface area contributed by atoms with Crippen molar-refractivity contribution >= 4 is 39.1 Å². The molecule has 2 amide bonds. The average molecular weight is 544 g/mol. The van der Waals surface area contributed by atoms with Crippen molar-refractivity contribution in [1.29, 1.82) is 0 Å². The monoisotopic (exact) mass is 543 g/mol. The molecule has 37 heavy (non-hydrogen) atoms. The third-order valence-electron chi connectivity index (χ3n) is 5.90. The lowest BCUT2D eigenvalue weighted by Crippen LogP contribution is -2.51. The molecule has 0 fully saturated rings. The van der Waals surface area contributed by atoms with E-state index in [4.69, 9.17) is 16.3 Å². The van der Waals surface area contributed by atoms with Crippen LogP contribution in [-0.4, -0.2) is 51.9 Å². The molecule has 8 nitrogen and oxygen atoms in total. The summed E-state index contributed by atoms with van der Waals surface area (Å²) in [6.07, 6.45) is 0.326. The molecule has 196 valence electrons. The third kappa shape index (κ3) is 6.61. The Morgan fingerprint density at radius 1 is 0.973 bits per heavy atom. The van der Waals surface area contributed by atoms with E-state index in [9.17, 15) is 18.0 Å². The molecule has 3 aromatic rings. The van der Waals surface area contributed by atoms with E-state index >= 15 is 0 Å². The van der Waals surface area contributed by atoms with Gasteiger partial charge in [-0.1, -0.05) is 54.9 Å². The lowest BCUT2D eigenvalue weighted by atomic mass is 10.1. The average Bonchev–Trinajstić information content (AvgIpc) is 2.92. The van der Waals surface area contributed by atoms with Gasteiger partial charge in [0.25, 0.3) is 10.0 Å². The Hall–Kier alpha value is -3.56. The molecule has 0 bridgehead atoms. The molecule has 3 rings (SSSR count). The molecule has 0 radical (unpaired) electrons. The third-order valence-corrected chi connectivity index (χ3v) is 8.06. The molecule has 0 aromatic heterocycles. The van der Waals surface area contributed by atoms with Crippen molar-refractivity contribution in [2.75, 3.05) is 25.0 Å². The van der Waals surface area contributed by atoms with Gasteiger partial charge in [-0.25, -0.2) is 8.42 Å². The summed E-state index contributed by atoms with van der Waals surface area (Å²) in [5.74, 6) is -0.396. The van der Waals surface area contributed by atoms with Gasteiger partial charge in [0.15, 0.2) is 0 Å². The molecule has 0 spiro atoms. The molecule has 0 saturated heterocycles. The SMILES string of the molecule is CC[C@@H](C(=O)NC)N(Cc1ccccc1Cl)C(=O)CN(c1ccccc1)S(=O)(=O)c1ccc(OC)cc1. The van der Waals surface area contributed by atoms with Crippen molar-refractivity contribution < 1.29 is 22.7 Å². The van der Waals surface area contributed by atoms with Crippen LogP contribution in [0.2, 0.25) is 5.02 Å². The summed E-state index contributed by atoms with van der Waals surface area (Å²) in [4.78, 5) is 27.9. The molecule has 0 aliphatic carbocycles. The van der Waals surface area contributed by atoms with Crippen molar-refractivity contribution in [1.82, 2.24) is 10.2 Å². The molecule has 3 aromatic carbocycles. The smallest absolute Gasteiger partial charge is 0.264 e. The van der Waals surface area contributed by atoms with Crippen molar-refractivity contribution in [3.8, 4) is 5.75 Å². The molecular weight excluding hydrogens is 514 g/mol. The minimum Gasteiger partial charge on any atom is -0.497 e. The zero-order chi connectivity index (χ0) is 27.0. The van der Waals surface area contributed by atoms with Gasteiger partial charge in [-0.3, -0.25) is 13.9 Å². The van der Waals surface area contributed by atoms with E-state index in [0.29, 0.717) is 28.4 Å². The highest BCUT2D eigenvalue weighted by atomic mass is 35.5. The van der Waals surface area contributed by atoms with Crippen LogP contribution in [0.4, 0.5) is 5.69 Å². The Bertz CT molecular complexity index is 1320.